The molecule has 2 amide bonds. The van der Waals surface area contributed by atoms with Crippen LogP contribution in [0.5, 0.6) is 0 Å². The molecule has 0 radical (unpaired) electrons. The van der Waals surface area contributed by atoms with Crippen LogP contribution in [0.4, 0.5) is 0 Å². The topological polar surface area (TPSA) is 55.9 Å². The first-order valence-electron chi connectivity index (χ1n) is 13.3. The molecule has 0 bridgehead atoms. The lowest BCUT2D eigenvalue weighted by Gasteiger charge is -2.41. The molecular formula is C27H41BrN4O2. The molecule has 1 aromatic carbocycles. The fraction of sp³-hybridized carbons (Fsp3) is 0.704. The minimum atomic E-state index is -0.0560. The number of piperidine rings is 1. The van der Waals surface area contributed by atoms with E-state index in [2.05, 4.69) is 38.0 Å². The van der Waals surface area contributed by atoms with Crippen LogP contribution in [-0.2, 0) is 4.79 Å². The van der Waals surface area contributed by atoms with Crippen molar-refractivity contribution in [2.75, 3.05) is 45.8 Å². The van der Waals surface area contributed by atoms with E-state index in [0.29, 0.717) is 25.0 Å². The number of halogens is 1. The molecule has 7 heteroatoms. The van der Waals surface area contributed by atoms with Gasteiger partial charge in [-0.1, -0.05) is 41.3 Å². The summed E-state index contributed by atoms with van der Waals surface area (Å²) in [4.78, 5) is 33.2. The Balaban J connectivity index is 1.29. The van der Waals surface area contributed by atoms with Crippen LogP contribution in [0, 0.1) is 5.92 Å². The van der Waals surface area contributed by atoms with Crippen LogP contribution in [0.2, 0.25) is 0 Å². The Morgan fingerprint density at radius 1 is 1.03 bits per heavy atom. The highest BCUT2D eigenvalue weighted by molar-refractivity contribution is 9.10. The van der Waals surface area contributed by atoms with Gasteiger partial charge in [-0.05, 0) is 69.7 Å². The number of hydrogen-bond acceptors (Lipinski definition) is 4. The van der Waals surface area contributed by atoms with E-state index in [-0.39, 0.29) is 17.9 Å². The summed E-state index contributed by atoms with van der Waals surface area (Å²) in [6.07, 6.45) is 9.69. The van der Waals surface area contributed by atoms with E-state index in [1.165, 1.54) is 38.6 Å². The molecule has 2 atom stereocenters. The highest BCUT2D eigenvalue weighted by Gasteiger charge is 2.37. The Morgan fingerprint density at radius 2 is 1.76 bits per heavy atom. The lowest BCUT2D eigenvalue weighted by atomic mass is 9.95. The summed E-state index contributed by atoms with van der Waals surface area (Å²) < 4.78 is 0.921. The van der Waals surface area contributed by atoms with Crippen LogP contribution >= 0.6 is 15.9 Å². The molecule has 188 valence electrons. The van der Waals surface area contributed by atoms with Crippen LogP contribution < -0.4 is 5.32 Å². The zero-order valence-electron chi connectivity index (χ0n) is 20.7. The summed E-state index contributed by atoms with van der Waals surface area (Å²) >= 11 is 3.46. The third-order valence-corrected chi connectivity index (χ3v) is 8.54. The fourth-order valence-corrected chi connectivity index (χ4v) is 6.45. The summed E-state index contributed by atoms with van der Waals surface area (Å²) in [5.41, 5.74) is 0.718. The quantitative estimate of drug-likeness (QED) is 0.511. The molecule has 2 heterocycles. The van der Waals surface area contributed by atoms with Gasteiger partial charge in [0.2, 0.25) is 5.91 Å². The first-order valence-corrected chi connectivity index (χ1v) is 14.1. The number of benzene rings is 1. The molecule has 1 saturated carbocycles. The maximum absolute atomic E-state index is 13.4. The van der Waals surface area contributed by atoms with Crippen molar-refractivity contribution in [2.24, 2.45) is 5.92 Å². The number of piperazine rings is 1. The highest BCUT2D eigenvalue weighted by atomic mass is 79.9. The highest BCUT2D eigenvalue weighted by Crippen LogP contribution is 2.31. The van der Waals surface area contributed by atoms with Gasteiger partial charge in [-0.3, -0.25) is 14.5 Å². The summed E-state index contributed by atoms with van der Waals surface area (Å²) in [6, 6.07) is 8.21. The number of hydrogen-bond donors (Lipinski definition) is 1. The van der Waals surface area contributed by atoms with Gasteiger partial charge in [-0.25, -0.2) is 0 Å². The molecule has 2 aliphatic heterocycles. The number of nitrogens with zero attached hydrogens (tertiary/aromatic N) is 3. The molecular weight excluding hydrogens is 492 g/mol. The summed E-state index contributed by atoms with van der Waals surface area (Å²) in [5, 5.41) is 3.28. The van der Waals surface area contributed by atoms with E-state index in [1.54, 1.807) is 0 Å². The van der Waals surface area contributed by atoms with E-state index in [4.69, 9.17) is 0 Å². The summed E-state index contributed by atoms with van der Waals surface area (Å²) in [5.74, 6) is 0.717. The molecule has 1 N–H and O–H groups in total. The van der Waals surface area contributed by atoms with Gasteiger partial charge in [0.25, 0.3) is 5.91 Å². The minimum Gasteiger partial charge on any atom is -0.355 e. The van der Waals surface area contributed by atoms with Crippen LogP contribution in [0.3, 0.4) is 0 Å². The largest absolute Gasteiger partial charge is 0.355 e. The van der Waals surface area contributed by atoms with Crippen molar-refractivity contribution in [3.8, 4) is 0 Å². The Morgan fingerprint density at radius 3 is 2.47 bits per heavy atom. The first-order chi connectivity index (χ1) is 16.5. The van der Waals surface area contributed by atoms with Crippen LogP contribution in [0.25, 0.3) is 0 Å². The lowest BCUT2D eigenvalue weighted by molar-refractivity contribution is -0.129. The van der Waals surface area contributed by atoms with Crippen LogP contribution in [-0.4, -0.2) is 84.4 Å². The predicted molar refractivity (Wildman–Crippen MR) is 140 cm³/mol. The Bertz CT molecular complexity index is 821. The minimum absolute atomic E-state index is 0.0560. The fourth-order valence-electron chi connectivity index (χ4n) is 6.05. The Hall–Kier alpha value is -1.44. The second-order valence-corrected chi connectivity index (χ2v) is 11.3. The van der Waals surface area contributed by atoms with E-state index in [1.807, 2.05) is 29.2 Å². The molecule has 2 unspecified atom stereocenters. The maximum Gasteiger partial charge on any atom is 0.253 e. The van der Waals surface area contributed by atoms with Gasteiger partial charge in [0.05, 0.1) is 6.04 Å². The third kappa shape index (κ3) is 6.61. The monoisotopic (exact) mass is 532 g/mol. The van der Waals surface area contributed by atoms with Gasteiger partial charge in [-0.15, -0.1) is 0 Å². The van der Waals surface area contributed by atoms with E-state index in [9.17, 15) is 9.59 Å². The summed E-state index contributed by atoms with van der Waals surface area (Å²) in [6.45, 7) is 8.23. The van der Waals surface area contributed by atoms with Crippen molar-refractivity contribution in [3.05, 3.63) is 34.3 Å². The second-order valence-electron chi connectivity index (χ2n) is 10.4. The number of amides is 2. The normalized spacial score (nSPS) is 23.7. The average Bonchev–Trinajstić information content (AvgIpc) is 3.37. The van der Waals surface area contributed by atoms with Gasteiger partial charge in [-0.2, -0.15) is 0 Å². The molecule has 0 spiro atoms. The molecule has 3 aliphatic rings. The van der Waals surface area contributed by atoms with Gasteiger partial charge in [0, 0.05) is 55.3 Å². The molecule has 1 aromatic rings. The average molecular weight is 534 g/mol. The van der Waals surface area contributed by atoms with E-state index in [0.717, 1.165) is 55.5 Å². The molecule has 0 aromatic heterocycles. The first kappa shape index (κ1) is 25.6. The zero-order chi connectivity index (χ0) is 23.9. The van der Waals surface area contributed by atoms with Crippen LogP contribution in [0.1, 0.15) is 68.6 Å². The number of carbonyl (C=O) groups excluding carboxylic acids is 2. The van der Waals surface area contributed by atoms with Crippen molar-refractivity contribution >= 4 is 27.7 Å². The van der Waals surface area contributed by atoms with Crippen molar-refractivity contribution in [1.29, 1.82) is 0 Å². The van der Waals surface area contributed by atoms with Crippen molar-refractivity contribution in [3.63, 3.8) is 0 Å². The predicted octanol–water partition coefficient (Wildman–Crippen LogP) is 4.15. The Kier molecular flexibility index (Phi) is 9.43. The molecule has 6 nitrogen and oxygen atoms in total. The van der Waals surface area contributed by atoms with Gasteiger partial charge in [0.1, 0.15) is 0 Å². The number of likely N-dealkylation sites (tertiary alicyclic amines) is 1. The lowest BCUT2D eigenvalue weighted by Crippen LogP contribution is -2.58. The van der Waals surface area contributed by atoms with Crippen molar-refractivity contribution in [1.82, 2.24) is 20.0 Å². The second kappa shape index (κ2) is 12.5. The van der Waals surface area contributed by atoms with Gasteiger partial charge >= 0.3 is 0 Å². The molecule has 2 saturated heterocycles. The number of nitrogens with one attached hydrogen (secondary N) is 1. The third-order valence-electron chi connectivity index (χ3n) is 8.04. The summed E-state index contributed by atoms with van der Waals surface area (Å²) in [7, 11) is 0. The number of carbonyl (C=O) groups is 2. The maximum atomic E-state index is 13.4. The smallest absolute Gasteiger partial charge is 0.253 e. The number of rotatable bonds is 8. The van der Waals surface area contributed by atoms with Crippen molar-refractivity contribution in [2.45, 2.75) is 70.4 Å². The van der Waals surface area contributed by atoms with E-state index < -0.39 is 0 Å². The van der Waals surface area contributed by atoms with Gasteiger partial charge in [0.15, 0.2) is 0 Å². The standard InChI is InChI=1S/C27H41BrN4O2/c1-21-8-4-5-14-30(21)15-7-13-29-26(33)25(22-9-2-3-10-22)31-16-18-32(19-17-31)27(34)23-11-6-12-24(28)20-23/h6,11-12,20-22,25H,2-5,7-10,13-19H2,1H3,(H,29,33). The van der Waals surface area contributed by atoms with Gasteiger partial charge < -0.3 is 15.1 Å². The molecule has 34 heavy (non-hydrogen) atoms. The molecule has 3 fully saturated rings. The van der Waals surface area contributed by atoms with Crippen molar-refractivity contribution < 1.29 is 9.59 Å². The van der Waals surface area contributed by atoms with E-state index >= 15 is 0 Å². The SMILES string of the molecule is CC1CCCCN1CCCNC(=O)C(C1CCCC1)N1CCN(C(=O)c2cccc(Br)c2)CC1. The molecule has 4 rings (SSSR count). The Labute approximate surface area is 213 Å². The van der Waals surface area contributed by atoms with Crippen LogP contribution in [0.15, 0.2) is 28.7 Å². The zero-order valence-corrected chi connectivity index (χ0v) is 22.3. The molecule has 1 aliphatic carbocycles.